The monoisotopic (exact) mass is 428 g/mol. The summed E-state index contributed by atoms with van der Waals surface area (Å²) in [6.07, 6.45) is -2.45. The van der Waals surface area contributed by atoms with Crippen molar-refractivity contribution >= 4 is 23.2 Å². The van der Waals surface area contributed by atoms with E-state index in [9.17, 15) is 13.2 Å². The molecule has 0 bridgehead atoms. The van der Waals surface area contributed by atoms with Gasteiger partial charge >= 0.3 is 6.18 Å². The van der Waals surface area contributed by atoms with Gasteiger partial charge in [-0.2, -0.15) is 18.2 Å². The number of nitrogens with zero attached hydrogens (tertiary/aromatic N) is 2. The van der Waals surface area contributed by atoms with E-state index >= 15 is 0 Å². The van der Waals surface area contributed by atoms with Crippen LogP contribution in [0.3, 0.4) is 0 Å². The molecule has 0 spiro atoms. The Morgan fingerprint density at radius 3 is 2.32 bits per heavy atom. The molecule has 1 heterocycles. The van der Waals surface area contributed by atoms with E-state index in [1.54, 1.807) is 30.3 Å². The number of alkyl halides is 3. The zero-order valence-electron chi connectivity index (χ0n) is 14.2. The van der Waals surface area contributed by atoms with E-state index in [0.29, 0.717) is 24.7 Å². The molecule has 0 fully saturated rings. The lowest BCUT2D eigenvalue weighted by atomic mass is 10.1. The van der Waals surface area contributed by atoms with Gasteiger partial charge in [-0.3, -0.25) is 0 Å². The van der Waals surface area contributed by atoms with Crippen LogP contribution in [-0.2, 0) is 12.6 Å². The lowest BCUT2D eigenvalue weighted by Gasteiger charge is -2.12. The van der Waals surface area contributed by atoms with Gasteiger partial charge in [0.2, 0.25) is 11.2 Å². The number of benzene rings is 2. The van der Waals surface area contributed by atoms with Crippen molar-refractivity contribution in [3.05, 3.63) is 76.2 Å². The van der Waals surface area contributed by atoms with Crippen molar-refractivity contribution in [1.29, 1.82) is 0 Å². The van der Waals surface area contributed by atoms with Crippen LogP contribution in [0.4, 0.5) is 13.2 Å². The quantitative estimate of drug-likeness (QED) is 0.437. The molecule has 0 aliphatic rings. The van der Waals surface area contributed by atoms with Crippen LogP contribution < -0.4 is 9.47 Å². The van der Waals surface area contributed by atoms with Gasteiger partial charge in [0.05, 0.1) is 17.2 Å². The van der Waals surface area contributed by atoms with Gasteiger partial charge in [-0.1, -0.05) is 23.7 Å². The van der Waals surface area contributed by atoms with Crippen LogP contribution in [0.25, 0.3) is 0 Å². The van der Waals surface area contributed by atoms with Crippen molar-refractivity contribution < 1.29 is 22.6 Å². The molecule has 0 radical (unpaired) electrons. The fourth-order valence-corrected chi connectivity index (χ4v) is 2.68. The molecule has 3 rings (SSSR count). The molecular weight excluding hydrogens is 416 g/mol. The summed E-state index contributed by atoms with van der Waals surface area (Å²) in [5, 5.41) is -0.268. The van der Waals surface area contributed by atoms with E-state index in [1.807, 2.05) is 0 Å². The van der Waals surface area contributed by atoms with Gasteiger partial charge in [0.25, 0.3) is 0 Å². The molecule has 2 aromatic carbocycles. The van der Waals surface area contributed by atoms with Crippen LogP contribution in [0.15, 0.2) is 54.7 Å². The minimum atomic E-state index is -4.55. The van der Waals surface area contributed by atoms with E-state index in [1.165, 1.54) is 12.3 Å². The minimum Gasteiger partial charge on any atom is -0.477 e. The van der Waals surface area contributed by atoms with E-state index in [0.717, 1.165) is 17.7 Å². The molecule has 3 aromatic rings. The highest BCUT2D eigenvalue weighted by Gasteiger charge is 2.33. The summed E-state index contributed by atoms with van der Waals surface area (Å²) in [5.74, 6) is 0.833. The molecule has 0 saturated carbocycles. The van der Waals surface area contributed by atoms with Gasteiger partial charge in [0.15, 0.2) is 0 Å². The van der Waals surface area contributed by atoms with Crippen molar-refractivity contribution in [1.82, 2.24) is 9.97 Å². The van der Waals surface area contributed by atoms with Crippen molar-refractivity contribution in [3.8, 4) is 17.4 Å². The second-order valence-corrected chi connectivity index (χ2v) is 6.39. The van der Waals surface area contributed by atoms with Crippen LogP contribution in [0.5, 0.6) is 17.4 Å². The first kappa shape index (κ1) is 20.2. The summed E-state index contributed by atoms with van der Waals surface area (Å²) in [4.78, 5) is 7.68. The molecule has 0 saturated heterocycles. The highest BCUT2D eigenvalue weighted by molar-refractivity contribution is 6.31. The molecule has 0 N–H and O–H groups in total. The Hall–Kier alpha value is -2.51. The smallest absolute Gasteiger partial charge is 0.417 e. The zero-order valence-corrected chi connectivity index (χ0v) is 15.7. The van der Waals surface area contributed by atoms with Crippen LogP contribution in [0, 0.1) is 0 Å². The molecule has 4 nitrogen and oxygen atoms in total. The molecule has 0 atom stereocenters. The lowest BCUT2D eigenvalue weighted by molar-refractivity contribution is -0.137. The maximum atomic E-state index is 12.9. The number of aromatic nitrogens is 2. The van der Waals surface area contributed by atoms with Crippen LogP contribution in [0.2, 0.25) is 10.3 Å². The summed E-state index contributed by atoms with van der Waals surface area (Å²) in [6.45, 7) is 0.375. The highest BCUT2D eigenvalue weighted by atomic mass is 35.5. The molecule has 0 unspecified atom stereocenters. The number of rotatable bonds is 6. The fraction of sp³-hybridized carbons (Fsp3) is 0.158. The van der Waals surface area contributed by atoms with E-state index in [-0.39, 0.29) is 16.1 Å². The van der Waals surface area contributed by atoms with Gasteiger partial charge < -0.3 is 9.47 Å². The van der Waals surface area contributed by atoms with Gasteiger partial charge in [-0.25, -0.2) is 4.98 Å². The number of hydrogen-bond acceptors (Lipinski definition) is 4. The predicted molar refractivity (Wildman–Crippen MR) is 99.2 cm³/mol. The van der Waals surface area contributed by atoms with Crippen LogP contribution >= 0.6 is 23.2 Å². The molecule has 0 amide bonds. The van der Waals surface area contributed by atoms with Crippen molar-refractivity contribution in [2.45, 2.75) is 12.6 Å². The third-order valence-corrected chi connectivity index (χ3v) is 4.16. The van der Waals surface area contributed by atoms with E-state index < -0.39 is 11.7 Å². The third-order valence-electron chi connectivity index (χ3n) is 3.64. The van der Waals surface area contributed by atoms with Gasteiger partial charge in [-0.15, -0.1) is 0 Å². The maximum Gasteiger partial charge on any atom is 0.417 e. The summed E-state index contributed by atoms with van der Waals surface area (Å²) in [7, 11) is 0. The first-order valence-corrected chi connectivity index (χ1v) is 8.82. The summed E-state index contributed by atoms with van der Waals surface area (Å²) < 4.78 is 49.7. The average Bonchev–Trinajstić information content (AvgIpc) is 2.64. The molecule has 0 aliphatic heterocycles. The van der Waals surface area contributed by atoms with Gasteiger partial charge in [0.1, 0.15) is 11.5 Å². The van der Waals surface area contributed by atoms with Gasteiger partial charge in [0, 0.05) is 18.7 Å². The third kappa shape index (κ3) is 5.50. The Kier molecular flexibility index (Phi) is 6.26. The number of hydrogen-bond donors (Lipinski definition) is 0. The Labute approximate surface area is 168 Å². The predicted octanol–water partition coefficient (Wildman–Crippen LogP) is 6.22. The fourth-order valence-electron chi connectivity index (χ4n) is 2.32. The SMILES string of the molecule is FC(F)(F)c1cc(Oc2ccc(CCOc3ccnc(Cl)n3)cc2)ccc1Cl. The Morgan fingerprint density at radius 1 is 0.929 bits per heavy atom. The van der Waals surface area contributed by atoms with Crippen LogP contribution in [-0.4, -0.2) is 16.6 Å². The van der Waals surface area contributed by atoms with Crippen molar-refractivity contribution in [2.75, 3.05) is 6.61 Å². The van der Waals surface area contributed by atoms with Crippen molar-refractivity contribution in [2.24, 2.45) is 0 Å². The topological polar surface area (TPSA) is 44.2 Å². The largest absolute Gasteiger partial charge is 0.477 e. The van der Waals surface area contributed by atoms with Crippen LogP contribution in [0.1, 0.15) is 11.1 Å². The van der Waals surface area contributed by atoms with E-state index in [4.69, 9.17) is 32.7 Å². The van der Waals surface area contributed by atoms with Gasteiger partial charge in [-0.05, 0) is 47.5 Å². The molecule has 9 heteroatoms. The molecule has 28 heavy (non-hydrogen) atoms. The molecule has 146 valence electrons. The first-order chi connectivity index (χ1) is 13.3. The second-order valence-electron chi connectivity index (χ2n) is 5.65. The Balaban J connectivity index is 1.59. The maximum absolute atomic E-state index is 12.9. The standard InChI is InChI=1S/C19H13Cl2F3N2O2/c20-16-6-5-14(11-15(16)19(22,23)24)28-13-3-1-12(2-4-13)8-10-27-17-7-9-25-18(21)26-17/h1-7,9,11H,8,10H2. The molecular formula is C19H13Cl2F3N2O2. The highest BCUT2D eigenvalue weighted by Crippen LogP contribution is 2.37. The number of halogens is 5. The summed E-state index contributed by atoms with van der Waals surface area (Å²) in [6, 6.07) is 11.9. The lowest BCUT2D eigenvalue weighted by Crippen LogP contribution is -2.06. The van der Waals surface area contributed by atoms with Crippen molar-refractivity contribution in [3.63, 3.8) is 0 Å². The average molecular weight is 429 g/mol. The summed E-state index contributed by atoms with van der Waals surface area (Å²) >= 11 is 11.3. The molecule has 0 aliphatic carbocycles. The minimum absolute atomic E-state index is 0.0495. The number of ether oxygens (including phenoxy) is 2. The zero-order chi connectivity index (χ0) is 20.1. The van der Waals surface area contributed by atoms with E-state index in [2.05, 4.69) is 9.97 Å². The normalized spacial score (nSPS) is 11.3. The summed E-state index contributed by atoms with van der Waals surface area (Å²) in [5.41, 5.74) is 0.0184. The Bertz CT molecular complexity index is 951. The second kappa shape index (κ2) is 8.67. The first-order valence-electron chi connectivity index (χ1n) is 8.06. The Morgan fingerprint density at radius 2 is 1.64 bits per heavy atom. The molecule has 1 aromatic heterocycles.